The van der Waals surface area contributed by atoms with Gasteiger partial charge in [0.05, 0.1) is 22.0 Å². The monoisotopic (exact) mass is 361 g/mol. The van der Waals surface area contributed by atoms with Crippen molar-refractivity contribution in [2.24, 2.45) is 0 Å². The number of nitrogens with one attached hydrogen (secondary N) is 1. The fourth-order valence-electron chi connectivity index (χ4n) is 3.17. The van der Waals surface area contributed by atoms with Gasteiger partial charge in [0.15, 0.2) is 0 Å². The van der Waals surface area contributed by atoms with Gasteiger partial charge in [0.2, 0.25) is 10.0 Å². The van der Waals surface area contributed by atoms with E-state index in [9.17, 15) is 8.42 Å². The van der Waals surface area contributed by atoms with Gasteiger partial charge in [-0.05, 0) is 49.2 Å². The average Bonchev–Trinajstić information content (AvgIpc) is 3.22. The maximum Gasteiger partial charge on any atom is 0.243 e. The SMILES string of the molecule is O=S(=O)(c1ccc(Cl)cc1)N1CCC[C@@H]1c1nc2ccccc2[nH]1. The number of sulfonamides is 1. The largest absolute Gasteiger partial charge is 0.341 e. The van der Waals surface area contributed by atoms with Crippen LogP contribution in [0, 0.1) is 0 Å². The lowest BCUT2D eigenvalue weighted by Gasteiger charge is -2.22. The number of para-hydroxylation sites is 2. The van der Waals surface area contributed by atoms with Crippen LogP contribution >= 0.6 is 11.6 Å². The first kappa shape index (κ1) is 15.6. The van der Waals surface area contributed by atoms with E-state index in [-0.39, 0.29) is 10.9 Å². The number of H-pyrrole nitrogens is 1. The van der Waals surface area contributed by atoms with Gasteiger partial charge in [-0.25, -0.2) is 13.4 Å². The Balaban J connectivity index is 1.73. The van der Waals surface area contributed by atoms with E-state index < -0.39 is 10.0 Å². The quantitative estimate of drug-likeness (QED) is 0.772. The highest BCUT2D eigenvalue weighted by atomic mass is 35.5. The molecule has 3 aromatic rings. The van der Waals surface area contributed by atoms with Crippen LogP contribution in [0.3, 0.4) is 0 Å². The van der Waals surface area contributed by atoms with Gasteiger partial charge in [0.1, 0.15) is 5.82 Å². The number of aromatic nitrogens is 2. The van der Waals surface area contributed by atoms with Crippen LogP contribution in [-0.2, 0) is 10.0 Å². The predicted molar refractivity (Wildman–Crippen MR) is 93.4 cm³/mol. The molecule has 0 spiro atoms. The number of nitrogens with zero attached hydrogens (tertiary/aromatic N) is 2. The Labute approximate surface area is 145 Å². The van der Waals surface area contributed by atoms with Gasteiger partial charge < -0.3 is 4.98 Å². The molecule has 5 nitrogen and oxygen atoms in total. The fraction of sp³-hybridized carbons (Fsp3) is 0.235. The molecule has 0 amide bonds. The molecule has 24 heavy (non-hydrogen) atoms. The summed E-state index contributed by atoms with van der Waals surface area (Å²) in [5.74, 6) is 0.700. The molecule has 0 radical (unpaired) electrons. The Morgan fingerprint density at radius 1 is 1.12 bits per heavy atom. The molecule has 1 atom stereocenters. The van der Waals surface area contributed by atoms with Crippen molar-refractivity contribution in [1.82, 2.24) is 14.3 Å². The molecule has 124 valence electrons. The number of aromatic amines is 1. The van der Waals surface area contributed by atoms with E-state index in [1.54, 1.807) is 24.3 Å². The molecule has 2 heterocycles. The van der Waals surface area contributed by atoms with E-state index in [1.165, 1.54) is 4.31 Å². The van der Waals surface area contributed by atoms with Crippen LogP contribution in [0.25, 0.3) is 11.0 Å². The standard InChI is InChI=1S/C17H16ClN3O2S/c18-12-7-9-13(10-8-12)24(22,23)21-11-3-6-16(21)17-19-14-4-1-2-5-15(14)20-17/h1-2,4-5,7-10,16H,3,6,11H2,(H,19,20)/t16-/m1/s1. The van der Waals surface area contributed by atoms with Crippen LogP contribution in [0.15, 0.2) is 53.4 Å². The molecule has 0 aliphatic carbocycles. The van der Waals surface area contributed by atoms with Crippen molar-refractivity contribution in [2.75, 3.05) is 6.54 Å². The van der Waals surface area contributed by atoms with E-state index >= 15 is 0 Å². The number of halogens is 1. The normalized spacial score (nSPS) is 19.1. The van der Waals surface area contributed by atoms with Crippen LogP contribution in [0.4, 0.5) is 0 Å². The zero-order valence-corrected chi connectivity index (χ0v) is 14.4. The predicted octanol–water partition coefficient (Wildman–Crippen LogP) is 3.74. The first-order valence-electron chi connectivity index (χ1n) is 7.78. The van der Waals surface area contributed by atoms with Crippen LogP contribution in [0.2, 0.25) is 5.02 Å². The Morgan fingerprint density at radius 2 is 1.88 bits per heavy atom. The molecule has 1 saturated heterocycles. The van der Waals surface area contributed by atoms with Gasteiger partial charge >= 0.3 is 0 Å². The molecule has 1 N–H and O–H groups in total. The zero-order valence-electron chi connectivity index (χ0n) is 12.8. The molecule has 4 rings (SSSR count). The summed E-state index contributed by atoms with van der Waals surface area (Å²) in [7, 11) is -3.58. The number of imidazole rings is 1. The minimum absolute atomic E-state index is 0.259. The second-order valence-electron chi connectivity index (χ2n) is 5.87. The molecule has 1 fully saturated rings. The van der Waals surface area contributed by atoms with E-state index in [0.29, 0.717) is 17.4 Å². The second kappa shape index (κ2) is 5.88. The topological polar surface area (TPSA) is 66.1 Å². The summed E-state index contributed by atoms with van der Waals surface area (Å²) in [5, 5.41) is 0.518. The number of benzene rings is 2. The molecule has 2 aromatic carbocycles. The molecule has 7 heteroatoms. The highest BCUT2D eigenvalue weighted by molar-refractivity contribution is 7.89. The van der Waals surface area contributed by atoms with Crippen LogP contribution < -0.4 is 0 Å². The summed E-state index contributed by atoms with van der Waals surface area (Å²) in [5.41, 5.74) is 1.77. The summed E-state index contributed by atoms with van der Waals surface area (Å²) in [6.45, 7) is 0.493. The molecule has 0 saturated carbocycles. The fourth-order valence-corrected chi connectivity index (χ4v) is 4.96. The van der Waals surface area contributed by atoms with Gasteiger partial charge in [0, 0.05) is 11.6 Å². The molecule has 1 aromatic heterocycles. The maximum absolute atomic E-state index is 13.0. The number of hydrogen-bond donors (Lipinski definition) is 1. The Morgan fingerprint density at radius 3 is 2.62 bits per heavy atom. The number of fused-ring (bicyclic) bond motifs is 1. The van der Waals surface area contributed by atoms with Gasteiger partial charge in [0.25, 0.3) is 0 Å². The first-order valence-corrected chi connectivity index (χ1v) is 9.59. The number of hydrogen-bond acceptors (Lipinski definition) is 3. The number of rotatable bonds is 3. The zero-order chi connectivity index (χ0) is 16.7. The first-order chi connectivity index (χ1) is 11.6. The van der Waals surface area contributed by atoms with E-state index in [1.807, 2.05) is 24.3 Å². The van der Waals surface area contributed by atoms with Gasteiger partial charge in [-0.2, -0.15) is 4.31 Å². The Bertz CT molecular complexity index is 949. The average molecular weight is 362 g/mol. The van der Waals surface area contributed by atoms with Crippen molar-refractivity contribution < 1.29 is 8.42 Å². The van der Waals surface area contributed by atoms with Crippen molar-refractivity contribution >= 4 is 32.7 Å². The molecule has 1 aliphatic rings. The maximum atomic E-state index is 13.0. The Kier molecular flexibility index (Phi) is 3.83. The van der Waals surface area contributed by atoms with E-state index in [4.69, 9.17) is 11.6 Å². The van der Waals surface area contributed by atoms with Crippen LogP contribution in [0.1, 0.15) is 24.7 Å². The summed E-state index contributed by atoms with van der Waals surface area (Å²) < 4.78 is 27.5. The summed E-state index contributed by atoms with van der Waals surface area (Å²) in [4.78, 5) is 8.10. The van der Waals surface area contributed by atoms with Crippen molar-refractivity contribution in [2.45, 2.75) is 23.8 Å². The highest BCUT2D eigenvalue weighted by Gasteiger charge is 2.37. The molecule has 0 bridgehead atoms. The van der Waals surface area contributed by atoms with Gasteiger partial charge in [-0.15, -0.1) is 0 Å². The second-order valence-corrected chi connectivity index (χ2v) is 8.19. The summed E-state index contributed by atoms with van der Waals surface area (Å²) >= 11 is 5.87. The smallest absolute Gasteiger partial charge is 0.243 e. The van der Waals surface area contributed by atoms with Crippen LogP contribution in [0.5, 0.6) is 0 Å². The van der Waals surface area contributed by atoms with Crippen molar-refractivity contribution in [3.63, 3.8) is 0 Å². The highest BCUT2D eigenvalue weighted by Crippen LogP contribution is 2.36. The Hall–Kier alpha value is -1.89. The lowest BCUT2D eigenvalue weighted by atomic mass is 10.2. The molecule has 1 aliphatic heterocycles. The minimum atomic E-state index is -3.58. The minimum Gasteiger partial charge on any atom is -0.341 e. The van der Waals surface area contributed by atoms with Crippen molar-refractivity contribution in [3.05, 3.63) is 59.4 Å². The molecular formula is C17H16ClN3O2S. The van der Waals surface area contributed by atoms with Crippen molar-refractivity contribution in [3.8, 4) is 0 Å². The van der Waals surface area contributed by atoms with E-state index in [2.05, 4.69) is 9.97 Å². The molecule has 0 unspecified atom stereocenters. The third-order valence-corrected chi connectivity index (χ3v) is 6.52. The lowest BCUT2D eigenvalue weighted by Crippen LogP contribution is -2.31. The van der Waals surface area contributed by atoms with Crippen LogP contribution in [-0.4, -0.2) is 29.2 Å². The summed E-state index contributed by atoms with van der Waals surface area (Å²) in [6.07, 6.45) is 1.57. The van der Waals surface area contributed by atoms with E-state index in [0.717, 1.165) is 23.9 Å². The third-order valence-electron chi connectivity index (χ3n) is 4.35. The molecular weight excluding hydrogens is 346 g/mol. The lowest BCUT2D eigenvalue weighted by molar-refractivity contribution is 0.385. The van der Waals surface area contributed by atoms with Gasteiger partial charge in [-0.3, -0.25) is 0 Å². The van der Waals surface area contributed by atoms with Crippen molar-refractivity contribution in [1.29, 1.82) is 0 Å². The third kappa shape index (κ3) is 2.60. The van der Waals surface area contributed by atoms with Gasteiger partial charge in [-0.1, -0.05) is 23.7 Å². The summed E-state index contributed by atoms with van der Waals surface area (Å²) in [6, 6.07) is 13.7.